The van der Waals surface area contributed by atoms with Gasteiger partial charge in [-0.1, -0.05) is 46.1 Å². The van der Waals surface area contributed by atoms with Crippen molar-refractivity contribution in [2.45, 2.75) is 30.6 Å². The smallest absolute Gasteiger partial charge is 0.0642 e. The highest BCUT2D eigenvalue weighted by Gasteiger charge is 2.30. The van der Waals surface area contributed by atoms with Gasteiger partial charge in [-0.15, -0.1) is 0 Å². The van der Waals surface area contributed by atoms with Crippen LogP contribution in [0.3, 0.4) is 0 Å². The lowest BCUT2D eigenvalue weighted by atomic mass is 9.99. The summed E-state index contributed by atoms with van der Waals surface area (Å²) in [5.41, 5.74) is 2.54. The summed E-state index contributed by atoms with van der Waals surface area (Å²) in [5, 5.41) is 1.76. The highest BCUT2D eigenvalue weighted by atomic mass is 79.9. The van der Waals surface area contributed by atoms with Gasteiger partial charge in [0.05, 0.1) is 10.7 Å². The van der Waals surface area contributed by atoms with Gasteiger partial charge >= 0.3 is 0 Å². The summed E-state index contributed by atoms with van der Waals surface area (Å²) < 4.78 is 0. The Bertz CT molecular complexity index is 452. The minimum atomic E-state index is 0.724. The first kappa shape index (κ1) is 13.7. The molecule has 0 saturated carbocycles. The molecule has 2 fully saturated rings. The van der Waals surface area contributed by atoms with Crippen molar-refractivity contribution in [1.29, 1.82) is 0 Å². The molecule has 4 heteroatoms. The standard InChI is InChI=1S/C15H20BrClN2/c16-10-12-4-3-6-14(17)15(12)19-9-8-18-7-2-1-5-13(18)11-19/h3-4,6,13H,1-2,5,7-11H2. The molecular weight excluding hydrogens is 324 g/mol. The Hall–Kier alpha value is -0.250. The average Bonchev–Trinajstić information content (AvgIpc) is 2.46. The molecule has 2 saturated heterocycles. The fraction of sp³-hybridized carbons (Fsp3) is 0.600. The topological polar surface area (TPSA) is 6.48 Å². The van der Waals surface area contributed by atoms with Crippen LogP contribution in [0.2, 0.25) is 5.02 Å². The molecule has 104 valence electrons. The van der Waals surface area contributed by atoms with Crippen LogP contribution in [-0.2, 0) is 5.33 Å². The van der Waals surface area contributed by atoms with Crippen molar-refractivity contribution in [1.82, 2.24) is 4.90 Å². The summed E-state index contributed by atoms with van der Waals surface area (Å²) in [7, 11) is 0. The number of piperazine rings is 1. The highest BCUT2D eigenvalue weighted by molar-refractivity contribution is 9.08. The molecule has 0 radical (unpaired) electrons. The van der Waals surface area contributed by atoms with Crippen LogP contribution in [0.25, 0.3) is 0 Å². The van der Waals surface area contributed by atoms with E-state index in [9.17, 15) is 0 Å². The Morgan fingerprint density at radius 1 is 1.21 bits per heavy atom. The lowest BCUT2D eigenvalue weighted by Gasteiger charge is -2.45. The molecule has 0 N–H and O–H groups in total. The van der Waals surface area contributed by atoms with E-state index in [2.05, 4.69) is 31.8 Å². The molecule has 2 aliphatic rings. The van der Waals surface area contributed by atoms with Gasteiger partial charge < -0.3 is 4.90 Å². The number of anilines is 1. The maximum atomic E-state index is 6.44. The van der Waals surface area contributed by atoms with Crippen molar-refractivity contribution in [3.05, 3.63) is 28.8 Å². The predicted octanol–water partition coefficient (Wildman–Crippen LogP) is 3.91. The Kier molecular flexibility index (Phi) is 4.35. The first-order chi connectivity index (χ1) is 9.29. The van der Waals surface area contributed by atoms with Gasteiger partial charge in [-0.2, -0.15) is 0 Å². The van der Waals surface area contributed by atoms with Gasteiger partial charge in [0.25, 0.3) is 0 Å². The summed E-state index contributed by atoms with van der Waals surface area (Å²) in [6.07, 6.45) is 4.09. The third kappa shape index (κ3) is 2.79. The van der Waals surface area contributed by atoms with Gasteiger partial charge in [-0.3, -0.25) is 4.90 Å². The van der Waals surface area contributed by atoms with Gasteiger partial charge in [0.15, 0.2) is 0 Å². The van der Waals surface area contributed by atoms with Crippen molar-refractivity contribution < 1.29 is 0 Å². The van der Waals surface area contributed by atoms with E-state index in [0.717, 1.165) is 29.5 Å². The molecule has 0 aromatic heterocycles. The van der Waals surface area contributed by atoms with Crippen LogP contribution in [0, 0.1) is 0 Å². The van der Waals surface area contributed by atoms with Crippen LogP contribution in [-0.4, -0.2) is 37.1 Å². The van der Waals surface area contributed by atoms with E-state index in [4.69, 9.17) is 11.6 Å². The van der Waals surface area contributed by atoms with E-state index < -0.39 is 0 Å². The quantitative estimate of drug-likeness (QED) is 0.751. The fourth-order valence-corrected chi connectivity index (χ4v) is 4.15. The normalized spacial score (nSPS) is 24.3. The van der Waals surface area contributed by atoms with Gasteiger partial charge in [0, 0.05) is 31.0 Å². The summed E-state index contributed by atoms with van der Waals surface area (Å²) >= 11 is 10.0. The number of fused-ring (bicyclic) bond motifs is 1. The van der Waals surface area contributed by atoms with Crippen LogP contribution in [0.1, 0.15) is 24.8 Å². The van der Waals surface area contributed by atoms with Crippen LogP contribution in [0.15, 0.2) is 18.2 Å². The maximum absolute atomic E-state index is 6.44. The molecule has 2 heterocycles. The number of hydrogen-bond donors (Lipinski definition) is 0. The number of para-hydroxylation sites is 1. The third-order valence-electron chi connectivity index (χ3n) is 4.37. The summed E-state index contributed by atoms with van der Waals surface area (Å²) in [4.78, 5) is 5.15. The summed E-state index contributed by atoms with van der Waals surface area (Å²) in [6, 6.07) is 6.95. The molecule has 0 spiro atoms. The molecule has 1 atom stereocenters. The van der Waals surface area contributed by atoms with Crippen LogP contribution in [0.4, 0.5) is 5.69 Å². The second-order valence-electron chi connectivity index (χ2n) is 5.51. The Balaban J connectivity index is 1.83. The van der Waals surface area contributed by atoms with Crippen molar-refractivity contribution >= 4 is 33.2 Å². The van der Waals surface area contributed by atoms with E-state index in [1.165, 1.54) is 43.6 Å². The number of rotatable bonds is 2. The van der Waals surface area contributed by atoms with Crippen LogP contribution in [0.5, 0.6) is 0 Å². The summed E-state index contributed by atoms with van der Waals surface area (Å²) in [5.74, 6) is 0. The lowest BCUT2D eigenvalue weighted by Crippen LogP contribution is -2.55. The van der Waals surface area contributed by atoms with E-state index in [-0.39, 0.29) is 0 Å². The van der Waals surface area contributed by atoms with E-state index >= 15 is 0 Å². The monoisotopic (exact) mass is 342 g/mol. The van der Waals surface area contributed by atoms with Crippen molar-refractivity contribution in [3.63, 3.8) is 0 Å². The second-order valence-corrected chi connectivity index (χ2v) is 6.48. The highest BCUT2D eigenvalue weighted by Crippen LogP contribution is 2.34. The first-order valence-electron chi connectivity index (χ1n) is 7.12. The third-order valence-corrected chi connectivity index (χ3v) is 5.28. The maximum Gasteiger partial charge on any atom is 0.0642 e. The van der Waals surface area contributed by atoms with Crippen LogP contribution >= 0.6 is 27.5 Å². The molecule has 3 rings (SSSR count). The minimum absolute atomic E-state index is 0.724. The molecule has 0 bridgehead atoms. The Morgan fingerprint density at radius 3 is 2.95 bits per heavy atom. The zero-order valence-corrected chi connectivity index (χ0v) is 13.5. The first-order valence-corrected chi connectivity index (χ1v) is 8.62. The Labute approximate surface area is 128 Å². The number of halogens is 2. The number of hydrogen-bond acceptors (Lipinski definition) is 2. The summed E-state index contributed by atoms with van der Waals surface area (Å²) in [6.45, 7) is 4.69. The van der Waals surface area contributed by atoms with E-state index in [1.807, 2.05) is 12.1 Å². The number of piperidine rings is 1. The second kappa shape index (κ2) is 6.02. The number of nitrogens with zero attached hydrogens (tertiary/aromatic N) is 2. The molecule has 0 amide bonds. The van der Waals surface area contributed by atoms with Gasteiger partial charge in [-0.25, -0.2) is 0 Å². The molecule has 1 aromatic rings. The van der Waals surface area contributed by atoms with Crippen molar-refractivity contribution in [2.75, 3.05) is 31.1 Å². The average molecular weight is 344 g/mol. The zero-order valence-electron chi connectivity index (χ0n) is 11.1. The van der Waals surface area contributed by atoms with Crippen LogP contribution < -0.4 is 4.90 Å². The van der Waals surface area contributed by atoms with E-state index in [0.29, 0.717) is 0 Å². The molecular formula is C15H20BrClN2. The SMILES string of the molecule is Clc1cccc(CBr)c1N1CCN2CCCCC2C1. The molecule has 1 unspecified atom stereocenters. The largest absolute Gasteiger partial charge is 0.367 e. The molecule has 0 aliphatic carbocycles. The lowest BCUT2D eigenvalue weighted by molar-refractivity contribution is 0.133. The number of benzene rings is 1. The fourth-order valence-electron chi connectivity index (χ4n) is 3.38. The Morgan fingerprint density at radius 2 is 2.11 bits per heavy atom. The minimum Gasteiger partial charge on any atom is -0.367 e. The van der Waals surface area contributed by atoms with Crippen molar-refractivity contribution in [3.8, 4) is 0 Å². The van der Waals surface area contributed by atoms with Crippen molar-refractivity contribution in [2.24, 2.45) is 0 Å². The molecule has 19 heavy (non-hydrogen) atoms. The van der Waals surface area contributed by atoms with Gasteiger partial charge in [0.1, 0.15) is 0 Å². The van der Waals surface area contributed by atoms with Gasteiger partial charge in [0.2, 0.25) is 0 Å². The molecule has 1 aromatic carbocycles. The van der Waals surface area contributed by atoms with E-state index in [1.54, 1.807) is 0 Å². The number of alkyl halides is 1. The van der Waals surface area contributed by atoms with Gasteiger partial charge in [-0.05, 0) is 31.0 Å². The molecule has 2 nitrogen and oxygen atoms in total. The predicted molar refractivity (Wildman–Crippen MR) is 85.5 cm³/mol. The molecule has 2 aliphatic heterocycles. The zero-order chi connectivity index (χ0) is 13.2.